The van der Waals surface area contributed by atoms with E-state index in [9.17, 15) is 4.79 Å². The fourth-order valence-corrected chi connectivity index (χ4v) is 0.606. The van der Waals surface area contributed by atoms with Crippen LogP contribution in [-0.2, 0) is 4.79 Å². The van der Waals surface area contributed by atoms with Crippen LogP contribution in [0.3, 0.4) is 0 Å². The van der Waals surface area contributed by atoms with Gasteiger partial charge in [-0.1, -0.05) is 13.3 Å². The molecule has 1 atom stereocenters. The van der Waals surface area contributed by atoms with Crippen LogP contribution in [0.5, 0.6) is 0 Å². The molecule has 2 nitrogen and oxygen atoms in total. The van der Waals surface area contributed by atoms with E-state index in [1.54, 1.807) is 0 Å². The third kappa shape index (κ3) is 5.34. The van der Waals surface area contributed by atoms with Crippen LogP contribution in [0.2, 0.25) is 0 Å². The minimum atomic E-state index is -0.0246. The van der Waals surface area contributed by atoms with Crippen LogP contribution in [0.1, 0.15) is 19.8 Å². The number of hydrogen-bond donors (Lipinski definition) is 1. The Hall–Kier alpha value is -0.530. The maximum Gasteiger partial charge on any atom is 0.217 e. The van der Waals surface area contributed by atoms with Crippen LogP contribution in [0.4, 0.5) is 0 Å². The molecule has 0 saturated carbocycles. The fourth-order valence-electron chi connectivity index (χ4n) is 0.606. The third-order valence-electron chi connectivity index (χ3n) is 0.960. The first-order chi connectivity index (χ1) is 4.16. The minimum absolute atomic E-state index is 0.0246. The molecule has 1 amide bonds. The number of amides is 1. The van der Waals surface area contributed by atoms with E-state index in [4.69, 9.17) is 0 Å². The van der Waals surface area contributed by atoms with Crippen LogP contribution < -0.4 is 5.32 Å². The van der Waals surface area contributed by atoms with Gasteiger partial charge in [-0.2, -0.15) is 0 Å². The molecule has 1 N–H and O–H groups in total. The summed E-state index contributed by atoms with van der Waals surface area (Å²) in [4.78, 5) is 10.4. The van der Waals surface area contributed by atoms with E-state index in [2.05, 4.69) is 19.2 Å². The van der Waals surface area contributed by atoms with Crippen molar-refractivity contribution in [1.82, 2.24) is 5.32 Å². The Balaban J connectivity index is 3.26. The van der Waals surface area contributed by atoms with Gasteiger partial charge in [0.1, 0.15) is 0 Å². The van der Waals surface area contributed by atoms with Gasteiger partial charge in [0.15, 0.2) is 0 Å². The predicted octanol–water partition coefficient (Wildman–Crippen LogP) is 0.939. The van der Waals surface area contributed by atoms with E-state index >= 15 is 0 Å². The zero-order valence-electron chi connectivity index (χ0n) is 5.81. The van der Waals surface area contributed by atoms with Crippen LogP contribution in [0.25, 0.3) is 0 Å². The summed E-state index contributed by atoms with van der Waals surface area (Å²) in [6.07, 6.45) is 1.66. The van der Waals surface area contributed by atoms with Crippen molar-refractivity contribution in [2.24, 2.45) is 0 Å². The first kappa shape index (κ1) is 8.47. The van der Waals surface area contributed by atoms with E-state index in [0.717, 1.165) is 12.8 Å². The SMILES string of the molecule is [CH2]CCC([CH2])NC(C)=O. The second kappa shape index (κ2) is 4.36. The lowest BCUT2D eigenvalue weighted by molar-refractivity contribution is -0.119. The van der Waals surface area contributed by atoms with Crippen molar-refractivity contribution in [2.75, 3.05) is 0 Å². The Bertz CT molecular complexity index is 90.9. The highest BCUT2D eigenvalue weighted by atomic mass is 16.1. The van der Waals surface area contributed by atoms with Gasteiger partial charge in [-0.25, -0.2) is 0 Å². The Morgan fingerprint density at radius 1 is 1.78 bits per heavy atom. The number of carbonyl (C=O) groups excluding carboxylic acids is 1. The second-order valence-electron chi connectivity index (χ2n) is 2.04. The fraction of sp³-hybridized carbons (Fsp3) is 0.571. The zero-order valence-corrected chi connectivity index (χ0v) is 5.81. The maximum atomic E-state index is 10.4. The molecule has 0 aliphatic rings. The van der Waals surface area contributed by atoms with Gasteiger partial charge in [0.05, 0.1) is 0 Å². The lowest BCUT2D eigenvalue weighted by Gasteiger charge is -2.09. The first-order valence-electron chi connectivity index (χ1n) is 3.06. The standard InChI is InChI=1S/C7H13NO/c1-4-5-6(2)8-7(3)9/h6H,1-2,4-5H2,3H3,(H,8,9). The van der Waals surface area contributed by atoms with Crippen LogP contribution in [0.15, 0.2) is 0 Å². The number of rotatable bonds is 3. The molecule has 0 fully saturated rings. The summed E-state index contributed by atoms with van der Waals surface area (Å²) >= 11 is 0. The van der Waals surface area contributed by atoms with Crippen molar-refractivity contribution in [2.45, 2.75) is 25.8 Å². The first-order valence-corrected chi connectivity index (χ1v) is 3.06. The largest absolute Gasteiger partial charge is 0.354 e. The van der Waals surface area contributed by atoms with Crippen LogP contribution in [-0.4, -0.2) is 11.9 Å². The summed E-state index contributed by atoms with van der Waals surface area (Å²) < 4.78 is 0. The van der Waals surface area contributed by atoms with Crippen molar-refractivity contribution < 1.29 is 4.79 Å². The summed E-state index contributed by atoms with van der Waals surface area (Å²) in [5.41, 5.74) is 0. The summed E-state index contributed by atoms with van der Waals surface area (Å²) in [5, 5.41) is 2.65. The number of hydrogen-bond acceptors (Lipinski definition) is 1. The van der Waals surface area contributed by atoms with Crippen molar-refractivity contribution in [1.29, 1.82) is 0 Å². The molecule has 0 spiro atoms. The van der Waals surface area contributed by atoms with E-state index in [0.29, 0.717) is 0 Å². The van der Waals surface area contributed by atoms with Gasteiger partial charge in [-0.15, -0.1) is 0 Å². The van der Waals surface area contributed by atoms with Gasteiger partial charge in [0.25, 0.3) is 0 Å². The molecule has 52 valence electrons. The third-order valence-corrected chi connectivity index (χ3v) is 0.960. The molecule has 0 aromatic rings. The molecule has 0 rings (SSSR count). The molecule has 9 heavy (non-hydrogen) atoms. The molecule has 0 aliphatic heterocycles. The monoisotopic (exact) mass is 127 g/mol. The number of nitrogens with one attached hydrogen (secondary N) is 1. The Labute approximate surface area is 56.6 Å². The molecule has 0 heterocycles. The summed E-state index contributed by atoms with van der Waals surface area (Å²) in [6.45, 7) is 8.82. The molecule has 0 saturated heterocycles. The van der Waals surface area contributed by atoms with Crippen molar-refractivity contribution in [3.63, 3.8) is 0 Å². The van der Waals surface area contributed by atoms with Gasteiger partial charge in [-0.05, 0) is 13.3 Å². The second-order valence-corrected chi connectivity index (χ2v) is 2.04. The smallest absolute Gasteiger partial charge is 0.217 e. The molecule has 0 aromatic heterocycles. The minimum Gasteiger partial charge on any atom is -0.354 e. The quantitative estimate of drug-likeness (QED) is 0.600. The number of carbonyl (C=O) groups is 1. The summed E-state index contributed by atoms with van der Waals surface area (Å²) in [7, 11) is 0. The van der Waals surface area contributed by atoms with Gasteiger partial charge >= 0.3 is 0 Å². The highest BCUT2D eigenvalue weighted by Gasteiger charge is 1.99. The normalized spacial score (nSPS) is 12.8. The Kier molecular flexibility index (Phi) is 4.10. The molecule has 1 unspecified atom stereocenters. The molecule has 2 heteroatoms. The zero-order chi connectivity index (χ0) is 7.28. The predicted molar refractivity (Wildman–Crippen MR) is 37.6 cm³/mol. The molecule has 2 radical (unpaired) electrons. The topological polar surface area (TPSA) is 29.1 Å². The Morgan fingerprint density at radius 2 is 2.33 bits per heavy atom. The van der Waals surface area contributed by atoms with Crippen molar-refractivity contribution in [3.05, 3.63) is 13.8 Å². The molecule has 0 bridgehead atoms. The van der Waals surface area contributed by atoms with Crippen molar-refractivity contribution >= 4 is 5.91 Å². The van der Waals surface area contributed by atoms with Crippen LogP contribution >= 0.6 is 0 Å². The molecule has 0 aromatic carbocycles. The van der Waals surface area contributed by atoms with E-state index < -0.39 is 0 Å². The average molecular weight is 127 g/mol. The molecule has 0 aliphatic carbocycles. The van der Waals surface area contributed by atoms with Gasteiger partial charge in [-0.3, -0.25) is 4.79 Å². The molecular weight excluding hydrogens is 114 g/mol. The van der Waals surface area contributed by atoms with Crippen molar-refractivity contribution in [3.8, 4) is 0 Å². The Morgan fingerprint density at radius 3 is 2.67 bits per heavy atom. The van der Waals surface area contributed by atoms with E-state index in [-0.39, 0.29) is 11.9 Å². The van der Waals surface area contributed by atoms with E-state index in [1.807, 2.05) is 0 Å². The molecular formula is C7H13NO. The summed E-state index contributed by atoms with van der Waals surface area (Å²) in [5.74, 6) is -0.0246. The van der Waals surface area contributed by atoms with Crippen LogP contribution in [0, 0.1) is 13.8 Å². The van der Waals surface area contributed by atoms with Gasteiger partial charge < -0.3 is 5.32 Å². The summed E-state index contributed by atoms with van der Waals surface area (Å²) in [6, 6.07) is 0.0278. The lowest BCUT2D eigenvalue weighted by Crippen LogP contribution is -2.30. The highest BCUT2D eigenvalue weighted by Crippen LogP contribution is 1.92. The van der Waals surface area contributed by atoms with Gasteiger partial charge in [0, 0.05) is 13.0 Å². The van der Waals surface area contributed by atoms with E-state index in [1.165, 1.54) is 6.92 Å². The van der Waals surface area contributed by atoms with Gasteiger partial charge in [0.2, 0.25) is 5.91 Å². The lowest BCUT2D eigenvalue weighted by atomic mass is 10.2. The maximum absolute atomic E-state index is 10.4. The highest BCUT2D eigenvalue weighted by molar-refractivity contribution is 5.73. The average Bonchev–Trinajstić information content (AvgIpc) is 1.63.